The molecule has 3 heteroatoms. The summed E-state index contributed by atoms with van der Waals surface area (Å²) < 4.78 is 0. The smallest absolute Gasteiger partial charge is 0.0271 e. The van der Waals surface area contributed by atoms with Gasteiger partial charge in [-0.1, -0.05) is 13.8 Å². The molecule has 1 rings (SSSR count). The number of hydrogen-bond donors (Lipinski definition) is 1. The lowest BCUT2D eigenvalue weighted by atomic mass is 10.0. The summed E-state index contributed by atoms with van der Waals surface area (Å²) in [5.74, 6) is 0.627. The van der Waals surface area contributed by atoms with Crippen LogP contribution in [0.2, 0.25) is 0 Å². The van der Waals surface area contributed by atoms with Crippen LogP contribution in [0.4, 0.5) is 0 Å². The van der Waals surface area contributed by atoms with Crippen LogP contribution in [-0.2, 0) is 6.54 Å². The molecule has 19 heavy (non-hydrogen) atoms. The third-order valence-corrected chi connectivity index (χ3v) is 3.36. The zero-order valence-electron chi connectivity index (χ0n) is 13.3. The zero-order valence-corrected chi connectivity index (χ0v) is 13.3. The Kier molecular flexibility index (Phi) is 5.95. The van der Waals surface area contributed by atoms with Crippen LogP contribution in [0.25, 0.3) is 0 Å². The lowest BCUT2D eigenvalue weighted by Gasteiger charge is -2.34. The molecule has 0 aromatic carbocycles. The van der Waals surface area contributed by atoms with Gasteiger partial charge in [-0.2, -0.15) is 0 Å². The van der Waals surface area contributed by atoms with E-state index in [1.54, 1.807) is 0 Å². The highest BCUT2D eigenvalue weighted by atomic mass is 15.2. The fourth-order valence-electron chi connectivity index (χ4n) is 2.20. The van der Waals surface area contributed by atoms with Gasteiger partial charge >= 0.3 is 0 Å². The average Bonchev–Trinajstić information content (AvgIpc) is 2.28. The number of nitrogens with zero attached hydrogens (tertiary/aromatic N) is 2. The Morgan fingerprint density at radius 1 is 1.21 bits per heavy atom. The van der Waals surface area contributed by atoms with Crippen LogP contribution in [0.1, 0.15) is 40.2 Å². The highest BCUT2D eigenvalue weighted by Crippen LogP contribution is 2.13. The van der Waals surface area contributed by atoms with Crippen LogP contribution in [0.15, 0.2) is 24.5 Å². The maximum Gasteiger partial charge on any atom is 0.0271 e. The number of likely N-dealkylation sites (N-methyl/N-ethyl adjacent to an activating group) is 1. The van der Waals surface area contributed by atoms with Gasteiger partial charge in [-0.15, -0.1) is 0 Å². The van der Waals surface area contributed by atoms with Gasteiger partial charge in [0.1, 0.15) is 0 Å². The van der Waals surface area contributed by atoms with Crippen molar-refractivity contribution in [3.8, 4) is 0 Å². The normalized spacial score (nSPS) is 14.1. The van der Waals surface area contributed by atoms with Gasteiger partial charge in [0.05, 0.1) is 0 Å². The van der Waals surface area contributed by atoms with E-state index < -0.39 is 0 Å². The molecular weight excluding hydrogens is 234 g/mol. The van der Waals surface area contributed by atoms with Crippen LogP contribution in [0, 0.1) is 5.92 Å². The van der Waals surface area contributed by atoms with E-state index in [0.29, 0.717) is 12.0 Å². The second-order valence-electron chi connectivity index (χ2n) is 6.71. The molecule has 0 spiro atoms. The molecule has 0 bridgehead atoms. The van der Waals surface area contributed by atoms with Crippen molar-refractivity contribution in [3.63, 3.8) is 0 Å². The monoisotopic (exact) mass is 263 g/mol. The molecule has 0 aliphatic carbocycles. The van der Waals surface area contributed by atoms with Crippen molar-refractivity contribution in [2.45, 2.75) is 52.7 Å². The first-order valence-electron chi connectivity index (χ1n) is 7.14. The molecule has 1 heterocycles. The number of aromatic nitrogens is 1. The van der Waals surface area contributed by atoms with Crippen LogP contribution in [0.3, 0.4) is 0 Å². The van der Waals surface area contributed by atoms with Gasteiger partial charge in [0.2, 0.25) is 0 Å². The Morgan fingerprint density at radius 3 is 2.26 bits per heavy atom. The van der Waals surface area contributed by atoms with E-state index in [2.05, 4.69) is 69.0 Å². The third-order valence-electron chi connectivity index (χ3n) is 3.36. The molecule has 0 aliphatic rings. The van der Waals surface area contributed by atoms with Crippen molar-refractivity contribution in [1.29, 1.82) is 0 Å². The van der Waals surface area contributed by atoms with Gasteiger partial charge < -0.3 is 5.32 Å². The van der Waals surface area contributed by atoms with Crippen molar-refractivity contribution >= 4 is 0 Å². The van der Waals surface area contributed by atoms with Gasteiger partial charge in [-0.3, -0.25) is 9.88 Å². The molecule has 3 nitrogen and oxygen atoms in total. The molecule has 0 saturated carbocycles. The van der Waals surface area contributed by atoms with Crippen molar-refractivity contribution in [2.75, 3.05) is 13.6 Å². The standard InChI is InChI=1S/C16H29N3/c1-13(2)15(11-18-16(3,4)5)19(6)12-14-7-9-17-10-8-14/h7-10,13,15,18H,11-12H2,1-6H3. The topological polar surface area (TPSA) is 28.2 Å². The largest absolute Gasteiger partial charge is 0.311 e. The summed E-state index contributed by atoms with van der Waals surface area (Å²) in [7, 11) is 2.20. The van der Waals surface area contributed by atoms with E-state index in [0.717, 1.165) is 13.1 Å². The first-order chi connectivity index (χ1) is 8.79. The van der Waals surface area contributed by atoms with Gasteiger partial charge in [0, 0.05) is 37.1 Å². The minimum atomic E-state index is 0.171. The van der Waals surface area contributed by atoms with E-state index >= 15 is 0 Å². The van der Waals surface area contributed by atoms with Crippen LogP contribution >= 0.6 is 0 Å². The molecule has 0 aliphatic heterocycles. The second kappa shape index (κ2) is 7.01. The predicted octanol–water partition coefficient (Wildman–Crippen LogP) is 2.93. The Balaban J connectivity index is 2.60. The molecule has 1 unspecified atom stereocenters. The molecule has 0 radical (unpaired) electrons. The summed E-state index contributed by atoms with van der Waals surface area (Å²) in [6.45, 7) is 13.2. The number of hydrogen-bond acceptors (Lipinski definition) is 3. The van der Waals surface area contributed by atoms with E-state index in [-0.39, 0.29) is 5.54 Å². The Labute approximate surface area is 118 Å². The fraction of sp³-hybridized carbons (Fsp3) is 0.688. The van der Waals surface area contributed by atoms with Crippen LogP contribution in [-0.4, -0.2) is 35.1 Å². The molecular formula is C16H29N3. The van der Waals surface area contributed by atoms with Gasteiger partial charge in [0.25, 0.3) is 0 Å². The number of nitrogens with one attached hydrogen (secondary N) is 1. The third kappa shape index (κ3) is 6.17. The summed E-state index contributed by atoms with van der Waals surface area (Å²) in [5, 5.41) is 3.62. The Morgan fingerprint density at radius 2 is 1.79 bits per heavy atom. The summed E-state index contributed by atoms with van der Waals surface area (Å²) in [6.07, 6.45) is 3.72. The second-order valence-corrected chi connectivity index (χ2v) is 6.71. The fourth-order valence-corrected chi connectivity index (χ4v) is 2.20. The summed E-state index contributed by atoms with van der Waals surface area (Å²) in [5.41, 5.74) is 1.49. The molecule has 1 aromatic rings. The van der Waals surface area contributed by atoms with Crippen LogP contribution in [0.5, 0.6) is 0 Å². The van der Waals surface area contributed by atoms with Gasteiger partial charge in [0.15, 0.2) is 0 Å². The average molecular weight is 263 g/mol. The minimum Gasteiger partial charge on any atom is -0.311 e. The molecule has 0 fully saturated rings. The quantitative estimate of drug-likeness (QED) is 0.855. The molecule has 0 amide bonds. The van der Waals surface area contributed by atoms with Gasteiger partial charge in [-0.05, 0) is 51.4 Å². The molecule has 108 valence electrons. The van der Waals surface area contributed by atoms with Crippen LogP contribution < -0.4 is 5.32 Å². The first kappa shape index (κ1) is 16.1. The summed E-state index contributed by atoms with van der Waals surface area (Å²) in [6, 6.07) is 4.71. The Bertz CT molecular complexity index is 354. The lowest BCUT2D eigenvalue weighted by molar-refractivity contribution is 0.169. The van der Waals surface area contributed by atoms with Crippen molar-refractivity contribution in [1.82, 2.24) is 15.2 Å². The predicted molar refractivity (Wildman–Crippen MR) is 82.1 cm³/mol. The molecule has 1 N–H and O–H groups in total. The maximum absolute atomic E-state index is 4.07. The van der Waals surface area contributed by atoms with Gasteiger partial charge in [-0.25, -0.2) is 0 Å². The van der Waals surface area contributed by atoms with Crippen molar-refractivity contribution in [3.05, 3.63) is 30.1 Å². The van der Waals surface area contributed by atoms with E-state index in [1.165, 1.54) is 5.56 Å². The highest BCUT2D eigenvalue weighted by Gasteiger charge is 2.21. The SMILES string of the molecule is CC(C)C(CNC(C)(C)C)N(C)Cc1ccncc1. The summed E-state index contributed by atoms with van der Waals surface area (Å²) >= 11 is 0. The van der Waals surface area contributed by atoms with E-state index in [1.807, 2.05) is 12.4 Å². The molecule has 1 aromatic heterocycles. The first-order valence-corrected chi connectivity index (χ1v) is 7.14. The van der Waals surface area contributed by atoms with Crippen molar-refractivity contribution < 1.29 is 0 Å². The highest BCUT2D eigenvalue weighted by molar-refractivity contribution is 5.09. The van der Waals surface area contributed by atoms with E-state index in [9.17, 15) is 0 Å². The van der Waals surface area contributed by atoms with Crippen molar-refractivity contribution in [2.24, 2.45) is 5.92 Å². The minimum absolute atomic E-state index is 0.171. The molecule has 0 saturated heterocycles. The number of pyridine rings is 1. The number of rotatable bonds is 6. The molecule has 1 atom stereocenters. The summed E-state index contributed by atoms with van der Waals surface area (Å²) in [4.78, 5) is 6.50. The maximum atomic E-state index is 4.07. The van der Waals surface area contributed by atoms with E-state index in [4.69, 9.17) is 0 Å². The zero-order chi connectivity index (χ0) is 14.5. The lowest BCUT2D eigenvalue weighted by Crippen LogP contribution is -2.48. The Hall–Kier alpha value is -0.930.